The van der Waals surface area contributed by atoms with Crippen LogP contribution in [0.5, 0.6) is 0 Å². The largest absolute Gasteiger partial charge is 0.367 e. The number of benzene rings is 2. The number of nitrogens with zero attached hydrogens (tertiary/aromatic N) is 6. The Kier molecular flexibility index (Phi) is 5.06. The number of hydrogen-bond acceptors (Lipinski definition) is 5. The van der Waals surface area contributed by atoms with E-state index in [1.165, 1.54) is 18.2 Å². The van der Waals surface area contributed by atoms with Crippen molar-refractivity contribution in [2.24, 2.45) is 0 Å². The molecule has 2 aromatic carbocycles. The molecule has 1 saturated heterocycles. The maximum atomic E-state index is 14.0. The molecule has 8 heteroatoms. The third kappa shape index (κ3) is 4.11. The van der Waals surface area contributed by atoms with Gasteiger partial charge < -0.3 is 4.90 Å². The number of anilines is 1. The fourth-order valence-corrected chi connectivity index (χ4v) is 3.28. The van der Waals surface area contributed by atoms with Crippen molar-refractivity contribution in [1.82, 2.24) is 25.1 Å². The van der Waals surface area contributed by atoms with Gasteiger partial charge in [0.25, 0.3) is 0 Å². The van der Waals surface area contributed by atoms with E-state index in [9.17, 15) is 8.78 Å². The van der Waals surface area contributed by atoms with Crippen molar-refractivity contribution in [3.8, 4) is 0 Å². The average molecular weight is 370 g/mol. The van der Waals surface area contributed by atoms with Crippen molar-refractivity contribution in [2.75, 3.05) is 31.1 Å². The van der Waals surface area contributed by atoms with Gasteiger partial charge >= 0.3 is 0 Å². The molecule has 0 atom stereocenters. The zero-order valence-electron chi connectivity index (χ0n) is 14.8. The van der Waals surface area contributed by atoms with Crippen LogP contribution in [-0.2, 0) is 13.1 Å². The van der Waals surface area contributed by atoms with Crippen LogP contribution in [0.25, 0.3) is 0 Å². The van der Waals surface area contributed by atoms with E-state index in [-0.39, 0.29) is 11.6 Å². The summed E-state index contributed by atoms with van der Waals surface area (Å²) in [4.78, 5) is 4.32. The molecule has 2 heterocycles. The lowest BCUT2D eigenvalue weighted by molar-refractivity contribution is 0.239. The maximum absolute atomic E-state index is 14.0. The standard InChI is InChI=1S/C19H20F2N6/c20-16-7-5-15(6-8-16)13-27-19(22-23-24-27)14-25-9-11-26(12-10-25)18-4-2-1-3-17(18)21/h1-8H,9-14H2. The van der Waals surface area contributed by atoms with Gasteiger partial charge in [-0.05, 0) is 40.3 Å². The van der Waals surface area contributed by atoms with Crippen LogP contribution in [0.1, 0.15) is 11.4 Å². The van der Waals surface area contributed by atoms with Gasteiger partial charge in [-0.25, -0.2) is 13.5 Å². The third-order valence-electron chi connectivity index (χ3n) is 4.78. The molecule has 0 aliphatic carbocycles. The third-order valence-corrected chi connectivity index (χ3v) is 4.78. The van der Waals surface area contributed by atoms with Crippen LogP contribution < -0.4 is 4.90 Å². The second kappa shape index (κ2) is 7.79. The number of hydrogen-bond donors (Lipinski definition) is 0. The Balaban J connectivity index is 1.36. The van der Waals surface area contributed by atoms with Crippen LogP contribution in [0, 0.1) is 11.6 Å². The lowest BCUT2D eigenvalue weighted by Crippen LogP contribution is -2.46. The molecule has 0 radical (unpaired) electrons. The summed E-state index contributed by atoms with van der Waals surface area (Å²) in [5, 5.41) is 12.0. The summed E-state index contributed by atoms with van der Waals surface area (Å²) in [6.45, 7) is 4.23. The Morgan fingerprint density at radius 3 is 2.33 bits per heavy atom. The van der Waals surface area contributed by atoms with Gasteiger partial charge in [0.05, 0.1) is 18.8 Å². The zero-order valence-corrected chi connectivity index (χ0v) is 14.8. The lowest BCUT2D eigenvalue weighted by Gasteiger charge is -2.35. The van der Waals surface area contributed by atoms with Crippen molar-refractivity contribution in [2.45, 2.75) is 13.1 Å². The van der Waals surface area contributed by atoms with E-state index in [1.54, 1.807) is 22.9 Å². The number of para-hydroxylation sites is 1. The highest BCUT2D eigenvalue weighted by Gasteiger charge is 2.21. The van der Waals surface area contributed by atoms with Crippen LogP contribution in [0.3, 0.4) is 0 Å². The SMILES string of the molecule is Fc1ccc(Cn2nnnc2CN2CCN(c3ccccc3F)CC2)cc1. The Labute approximate surface area is 156 Å². The van der Waals surface area contributed by atoms with Crippen molar-refractivity contribution in [3.63, 3.8) is 0 Å². The molecular formula is C19H20F2N6. The molecule has 27 heavy (non-hydrogen) atoms. The first-order valence-electron chi connectivity index (χ1n) is 8.90. The minimum Gasteiger partial charge on any atom is -0.367 e. The van der Waals surface area contributed by atoms with Crippen molar-refractivity contribution < 1.29 is 8.78 Å². The quantitative estimate of drug-likeness (QED) is 0.690. The Hall–Kier alpha value is -2.87. The first kappa shape index (κ1) is 17.5. The van der Waals surface area contributed by atoms with E-state index >= 15 is 0 Å². The maximum Gasteiger partial charge on any atom is 0.165 e. The molecule has 0 bridgehead atoms. The predicted molar refractivity (Wildman–Crippen MR) is 97.2 cm³/mol. The molecule has 0 unspecified atom stereocenters. The Bertz CT molecular complexity index is 887. The topological polar surface area (TPSA) is 50.1 Å². The molecule has 0 amide bonds. The van der Waals surface area contributed by atoms with Crippen LogP contribution in [0.4, 0.5) is 14.5 Å². The number of aromatic nitrogens is 4. The highest BCUT2D eigenvalue weighted by atomic mass is 19.1. The molecule has 1 fully saturated rings. The minimum absolute atomic E-state index is 0.186. The van der Waals surface area contributed by atoms with Gasteiger partial charge in [0.15, 0.2) is 5.82 Å². The summed E-state index contributed by atoms with van der Waals surface area (Å²) in [6.07, 6.45) is 0. The van der Waals surface area contributed by atoms with E-state index in [1.807, 2.05) is 12.1 Å². The van der Waals surface area contributed by atoms with Gasteiger partial charge in [-0.15, -0.1) is 5.10 Å². The van der Waals surface area contributed by atoms with E-state index in [2.05, 4.69) is 25.3 Å². The van der Waals surface area contributed by atoms with Gasteiger partial charge in [0, 0.05) is 26.2 Å². The molecule has 3 aromatic rings. The van der Waals surface area contributed by atoms with Crippen molar-refractivity contribution in [1.29, 1.82) is 0 Å². The fourth-order valence-electron chi connectivity index (χ4n) is 3.28. The molecule has 4 rings (SSSR count). The van der Waals surface area contributed by atoms with E-state index in [0.29, 0.717) is 18.8 Å². The summed E-state index contributed by atoms with van der Waals surface area (Å²) in [6, 6.07) is 13.2. The molecule has 1 aliphatic rings. The predicted octanol–water partition coefficient (Wildman–Crippen LogP) is 2.32. The highest BCUT2D eigenvalue weighted by molar-refractivity contribution is 5.47. The first-order valence-corrected chi connectivity index (χ1v) is 8.90. The summed E-state index contributed by atoms with van der Waals surface area (Å²) < 4.78 is 28.7. The Morgan fingerprint density at radius 1 is 0.852 bits per heavy atom. The van der Waals surface area contributed by atoms with Crippen molar-refractivity contribution >= 4 is 5.69 Å². The van der Waals surface area contributed by atoms with E-state index < -0.39 is 0 Å². The smallest absolute Gasteiger partial charge is 0.165 e. The molecule has 1 aromatic heterocycles. The minimum atomic E-state index is -0.261. The molecular weight excluding hydrogens is 350 g/mol. The van der Waals surface area contributed by atoms with Crippen LogP contribution in [0.2, 0.25) is 0 Å². The first-order chi connectivity index (χ1) is 13.2. The molecule has 1 aliphatic heterocycles. The second-order valence-corrected chi connectivity index (χ2v) is 6.59. The van der Waals surface area contributed by atoms with Crippen LogP contribution >= 0.6 is 0 Å². The summed E-state index contributed by atoms with van der Waals surface area (Å²) in [7, 11) is 0. The van der Waals surface area contributed by atoms with Gasteiger partial charge in [0.2, 0.25) is 0 Å². The Morgan fingerprint density at radius 2 is 1.59 bits per heavy atom. The van der Waals surface area contributed by atoms with E-state index in [0.717, 1.165) is 37.6 Å². The van der Waals surface area contributed by atoms with Gasteiger partial charge in [-0.1, -0.05) is 24.3 Å². The summed E-state index contributed by atoms with van der Waals surface area (Å²) in [5.74, 6) is 0.316. The van der Waals surface area contributed by atoms with Crippen LogP contribution in [-0.4, -0.2) is 51.3 Å². The van der Waals surface area contributed by atoms with Gasteiger partial charge in [-0.2, -0.15) is 0 Å². The molecule has 140 valence electrons. The number of tetrazole rings is 1. The van der Waals surface area contributed by atoms with Gasteiger partial charge in [-0.3, -0.25) is 4.90 Å². The number of rotatable bonds is 5. The second-order valence-electron chi connectivity index (χ2n) is 6.59. The average Bonchev–Trinajstić information content (AvgIpc) is 3.11. The van der Waals surface area contributed by atoms with E-state index in [4.69, 9.17) is 0 Å². The molecule has 6 nitrogen and oxygen atoms in total. The molecule has 0 spiro atoms. The fraction of sp³-hybridized carbons (Fsp3) is 0.316. The normalized spacial score (nSPS) is 15.3. The highest BCUT2D eigenvalue weighted by Crippen LogP contribution is 2.20. The molecule has 0 saturated carbocycles. The lowest BCUT2D eigenvalue weighted by atomic mass is 10.2. The zero-order chi connectivity index (χ0) is 18.6. The number of halogens is 2. The summed E-state index contributed by atoms with van der Waals surface area (Å²) >= 11 is 0. The van der Waals surface area contributed by atoms with Crippen molar-refractivity contribution in [3.05, 3.63) is 71.6 Å². The van der Waals surface area contributed by atoms with Crippen LogP contribution in [0.15, 0.2) is 48.5 Å². The summed E-state index contributed by atoms with van der Waals surface area (Å²) in [5.41, 5.74) is 1.59. The monoisotopic (exact) mass is 370 g/mol. The van der Waals surface area contributed by atoms with Gasteiger partial charge in [0.1, 0.15) is 11.6 Å². The number of piperazine rings is 1. The molecule has 0 N–H and O–H groups in total.